The summed E-state index contributed by atoms with van der Waals surface area (Å²) in [6, 6.07) is 7.42. The highest BCUT2D eigenvalue weighted by atomic mass is 127. The van der Waals surface area contributed by atoms with Gasteiger partial charge in [0.1, 0.15) is 0 Å². The molecule has 0 saturated heterocycles. The van der Waals surface area contributed by atoms with Gasteiger partial charge >= 0.3 is 11.7 Å². The van der Waals surface area contributed by atoms with Crippen molar-refractivity contribution in [3.8, 4) is 17.2 Å². The average Bonchev–Trinajstić information content (AvgIpc) is 3.21. The van der Waals surface area contributed by atoms with Crippen molar-refractivity contribution in [2.75, 3.05) is 20.8 Å². The average molecular weight is 694 g/mol. The fourth-order valence-electron chi connectivity index (χ4n) is 4.48. The Morgan fingerprint density at radius 2 is 1.95 bits per heavy atom. The number of hydrogen-bond donors (Lipinski definition) is 0. The number of aromatic nitrogens is 1. The zero-order valence-electron chi connectivity index (χ0n) is 23.2. The molecule has 216 valence electrons. The van der Waals surface area contributed by atoms with Crippen molar-refractivity contribution in [1.29, 1.82) is 0 Å². The van der Waals surface area contributed by atoms with Crippen molar-refractivity contribution >= 4 is 51.7 Å². The van der Waals surface area contributed by atoms with Gasteiger partial charge in [-0.15, -0.1) is 0 Å². The van der Waals surface area contributed by atoms with Gasteiger partial charge in [0.15, 0.2) is 16.3 Å². The highest BCUT2D eigenvalue weighted by molar-refractivity contribution is 14.1. The number of benzene rings is 2. The highest BCUT2D eigenvalue weighted by Gasteiger charge is 2.34. The highest BCUT2D eigenvalue weighted by Crippen LogP contribution is 2.37. The number of rotatable bonds is 9. The Balaban J connectivity index is 1.96. The molecule has 0 radical (unpaired) electrons. The first-order chi connectivity index (χ1) is 19.5. The van der Waals surface area contributed by atoms with E-state index in [1.165, 1.54) is 24.9 Å². The summed E-state index contributed by atoms with van der Waals surface area (Å²) < 4.78 is 24.2. The van der Waals surface area contributed by atoms with E-state index in [1.807, 2.05) is 36.4 Å². The first-order valence-electron chi connectivity index (χ1n) is 12.6. The lowest BCUT2D eigenvalue weighted by Crippen LogP contribution is -2.40. The third-order valence-corrected chi connectivity index (χ3v) is 7.91. The molecule has 0 unspecified atom stereocenters. The van der Waals surface area contributed by atoms with Gasteiger partial charge in [-0.3, -0.25) is 19.5 Å². The van der Waals surface area contributed by atoms with Crippen LogP contribution in [0.3, 0.4) is 0 Å². The van der Waals surface area contributed by atoms with Crippen LogP contribution in [0.5, 0.6) is 17.2 Å². The van der Waals surface area contributed by atoms with Crippen LogP contribution in [0.2, 0.25) is 0 Å². The van der Waals surface area contributed by atoms with E-state index in [9.17, 15) is 19.7 Å². The van der Waals surface area contributed by atoms with E-state index in [0.29, 0.717) is 36.7 Å². The maximum absolute atomic E-state index is 13.9. The summed E-state index contributed by atoms with van der Waals surface area (Å²) in [5.41, 5.74) is 1.05. The maximum atomic E-state index is 13.9. The minimum Gasteiger partial charge on any atom is -0.493 e. The third kappa shape index (κ3) is 6.00. The molecule has 41 heavy (non-hydrogen) atoms. The van der Waals surface area contributed by atoms with Crippen LogP contribution in [0.4, 0.5) is 5.69 Å². The molecule has 11 nitrogen and oxygen atoms in total. The van der Waals surface area contributed by atoms with Gasteiger partial charge in [-0.25, -0.2) is 9.79 Å². The van der Waals surface area contributed by atoms with Crippen molar-refractivity contribution in [1.82, 2.24) is 4.57 Å². The number of fused-ring (bicyclic) bond motifs is 1. The van der Waals surface area contributed by atoms with Gasteiger partial charge in [0.25, 0.3) is 5.56 Å². The molecule has 1 aliphatic heterocycles. The van der Waals surface area contributed by atoms with Gasteiger partial charge in [0.05, 0.1) is 57.3 Å². The van der Waals surface area contributed by atoms with Crippen LogP contribution in [0.15, 0.2) is 51.4 Å². The molecule has 0 amide bonds. The van der Waals surface area contributed by atoms with Crippen LogP contribution in [0.25, 0.3) is 6.08 Å². The van der Waals surface area contributed by atoms with Crippen LogP contribution in [0.1, 0.15) is 44.9 Å². The van der Waals surface area contributed by atoms with Gasteiger partial charge in [-0.05, 0) is 85.7 Å². The summed E-state index contributed by atoms with van der Waals surface area (Å²) in [6.07, 6.45) is 1.47. The van der Waals surface area contributed by atoms with Crippen molar-refractivity contribution in [3.63, 3.8) is 0 Å². The summed E-state index contributed by atoms with van der Waals surface area (Å²) in [6.45, 7) is 7.34. The number of carbonyl (C=O) groups excluding carboxylic acids is 1. The van der Waals surface area contributed by atoms with Gasteiger partial charge in [0, 0.05) is 6.07 Å². The predicted molar refractivity (Wildman–Crippen MR) is 162 cm³/mol. The normalized spacial score (nSPS) is 14.9. The Morgan fingerprint density at radius 3 is 2.56 bits per heavy atom. The number of esters is 1. The Hall–Kier alpha value is -3.72. The second-order valence-electron chi connectivity index (χ2n) is 9.19. The number of halogens is 1. The maximum Gasteiger partial charge on any atom is 0.338 e. The fraction of sp³-hybridized carbons (Fsp3) is 0.321. The molecule has 0 bridgehead atoms. The SMILES string of the molecule is CCOC(=O)C1=C(C)N=c2s/c(=C\c3cc(I)c(OC)c([N+](=O)[O-])c3)c(=O)n2[C@@H]1c1ccc(OC(C)C)c(OC)c1. The fourth-order valence-corrected chi connectivity index (χ4v) is 6.39. The third-order valence-electron chi connectivity index (χ3n) is 6.13. The Bertz CT molecular complexity index is 1740. The first kappa shape index (κ1) is 30.2. The monoisotopic (exact) mass is 693 g/mol. The van der Waals surface area contributed by atoms with Gasteiger partial charge in [-0.1, -0.05) is 17.4 Å². The largest absolute Gasteiger partial charge is 0.493 e. The minimum absolute atomic E-state index is 0.0958. The van der Waals surface area contributed by atoms with E-state index in [1.54, 1.807) is 44.2 Å². The number of ether oxygens (including phenoxy) is 4. The molecule has 1 aliphatic rings. The lowest BCUT2D eigenvalue weighted by molar-refractivity contribution is -0.385. The summed E-state index contributed by atoms with van der Waals surface area (Å²) in [5, 5.41) is 11.6. The number of carbonyl (C=O) groups is 1. The molecule has 0 fully saturated rings. The van der Waals surface area contributed by atoms with Gasteiger partial charge in [0.2, 0.25) is 5.75 Å². The molecule has 0 N–H and O–H groups in total. The number of nitro groups is 1. The van der Waals surface area contributed by atoms with Crippen molar-refractivity contribution in [2.45, 2.75) is 39.8 Å². The van der Waals surface area contributed by atoms with Gasteiger partial charge < -0.3 is 18.9 Å². The summed E-state index contributed by atoms with van der Waals surface area (Å²) >= 11 is 3.07. The topological polar surface area (TPSA) is 131 Å². The number of allylic oxidation sites excluding steroid dienone is 1. The van der Waals surface area contributed by atoms with Crippen molar-refractivity contribution in [2.24, 2.45) is 4.99 Å². The molecule has 1 atom stereocenters. The minimum atomic E-state index is -0.861. The van der Waals surface area contributed by atoms with Crippen LogP contribution in [-0.4, -0.2) is 42.4 Å². The van der Waals surface area contributed by atoms with E-state index in [4.69, 9.17) is 18.9 Å². The van der Waals surface area contributed by atoms with E-state index < -0.39 is 22.5 Å². The second kappa shape index (κ2) is 12.4. The Morgan fingerprint density at radius 1 is 1.22 bits per heavy atom. The zero-order valence-corrected chi connectivity index (χ0v) is 26.2. The molecule has 3 aromatic rings. The number of nitro benzene ring substituents is 1. The zero-order chi connectivity index (χ0) is 30.0. The molecular weight excluding hydrogens is 665 g/mol. The molecule has 2 aromatic carbocycles. The second-order valence-corrected chi connectivity index (χ2v) is 11.4. The Labute approximate surface area is 253 Å². The quantitative estimate of drug-likeness (QED) is 0.142. The summed E-state index contributed by atoms with van der Waals surface area (Å²) in [5.74, 6) is 0.515. The molecule has 1 aromatic heterocycles. The summed E-state index contributed by atoms with van der Waals surface area (Å²) in [4.78, 5) is 43.2. The van der Waals surface area contributed by atoms with Crippen molar-refractivity contribution in [3.05, 3.63) is 86.1 Å². The van der Waals surface area contributed by atoms with E-state index in [-0.39, 0.29) is 34.3 Å². The molecule has 0 saturated carbocycles. The Kier molecular flexibility index (Phi) is 9.17. The molecule has 2 heterocycles. The predicted octanol–water partition coefficient (Wildman–Crippen LogP) is 4.12. The molecule has 0 spiro atoms. The smallest absolute Gasteiger partial charge is 0.338 e. The number of thiazole rings is 1. The lowest BCUT2D eigenvalue weighted by Gasteiger charge is -2.25. The number of methoxy groups -OCH3 is 2. The van der Waals surface area contributed by atoms with Gasteiger partial charge in [-0.2, -0.15) is 0 Å². The van der Waals surface area contributed by atoms with Crippen LogP contribution in [0, 0.1) is 13.7 Å². The van der Waals surface area contributed by atoms with E-state index in [0.717, 1.165) is 11.3 Å². The standard InChI is InChI=1S/C28H28IN3O8S/c1-7-39-27(34)23-15(4)30-28-31(24(23)17-8-9-20(40-14(2)3)21(13-17)37-5)26(33)22(41-28)12-16-10-18(29)25(38-6)19(11-16)32(35)36/h8-14,24H,7H2,1-6H3/b22-12-/t24-/m1/s1. The van der Waals surface area contributed by atoms with E-state index in [2.05, 4.69) is 4.99 Å². The van der Waals surface area contributed by atoms with Crippen molar-refractivity contribution < 1.29 is 28.7 Å². The molecule has 0 aliphatic carbocycles. The molecule has 4 rings (SSSR count). The van der Waals surface area contributed by atoms with Crippen LogP contribution >= 0.6 is 33.9 Å². The molecule has 13 heteroatoms. The number of nitrogens with zero attached hydrogens (tertiary/aromatic N) is 3. The van der Waals surface area contributed by atoms with E-state index >= 15 is 0 Å². The molecular formula is C28H28IN3O8S. The first-order valence-corrected chi connectivity index (χ1v) is 14.5. The summed E-state index contributed by atoms with van der Waals surface area (Å²) in [7, 11) is 2.88. The van der Waals surface area contributed by atoms with Crippen LogP contribution < -0.4 is 29.1 Å². The van der Waals surface area contributed by atoms with Crippen LogP contribution in [-0.2, 0) is 9.53 Å². The lowest BCUT2D eigenvalue weighted by atomic mass is 9.95. The number of hydrogen-bond acceptors (Lipinski definition) is 10.